The Balaban J connectivity index is 1.67. The van der Waals surface area contributed by atoms with Gasteiger partial charge in [0.15, 0.2) is 0 Å². The molecule has 34 heavy (non-hydrogen) atoms. The van der Waals surface area contributed by atoms with Crippen molar-refractivity contribution in [3.8, 4) is 10.4 Å². The molecule has 1 aliphatic heterocycles. The number of carbonyl (C=O) groups is 3. The number of hydrogen-bond donors (Lipinski definition) is 3. The van der Waals surface area contributed by atoms with E-state index in [-0.39, 0.29) is 30.0 Å². The number of benzene rings is 1. The molecule has 0 spiro atoms. The van der Waals surface area contributed by atoms with Crippen LogP contribution in [0.25, 0.3) is 10.4 Å². The van der Waals surface area contributed by atoms with Gasteiger partial charge in [-0.3, -0.25) is 14.4 Å². The largest absolute Gasteiger partial charge is 0.391 e. The van der Waals surface area contributed by atoms with Gasteiger partial charge in [-0.15, -0.1) is 11.3 Å². The number of rotatable bonds is 6. The zero-order chi connectivity index (χ0) is 25.0. The van der Waals surface area contributed by atoms with Crippen LogP contribution in [0.4, 0.5) is 4.79 Å². The van der Waals surface area contributed by atoms with E-state index < -0.39 is 23.6 Å². The fraction of sp³-hybridized carbons (Fsp3) is 0.500. The number of thiazole rings is 1. The summed E-state index contributed by atoms with van der Waals surface area (Å²) < 4.78 is 0. The highest BCUT2D eigenvalue weighted by Gasteiger charge is 2.44. The van der Waals surface area contributed by atoms with Crippen LogP contribution < -0.4 is 10.6 Å². The predicted octanol–water partition coefficient (Wildman–Crippen LogP) is 3.18. The van der Waals surface area contributed by atoms with Gasteiger partial charge < -0.3 is 20.6 Å². The van der Waals surface area contributed by atoms with E-state index in [2.05, 4.69) is 15.6 Å². The van der Waals surface area contributed by atoms with Crippen LogP contribution >= 0.6 is 23.1 Å². The minimum Gasteiger partial charge on any atom is -0.391 e. The fourth-order valence-electron chi connectivity index (χ4n) is 3.96. The second-order valence-electron chi connectivity index (χ2n) is 9.51. The molecular weight excluding hydrogens is 472 g/mol. The highest BCUT2D eigenvalue weighted by molar-refractivity contribution is 8.12. The van der Waals surface area contributed by atoms with Gasteiger partial charge in [0, 0.05) is 19.5 Å². The normalized spacial score (nSPS) is 19.1. The number of aliphatic hydroxyl groups excluding tert-OH is 1. The van der Waals surface area contributed by atoms with Gasteiger partial charge in [0.2, 0.25) is 11.8 Å². The lowest BCUT2D eigenvalue weighted by atomic mass is 9.85. The van der Waals surface area contributed by atoms with Crippen molar-refractivity contribution in [3.63, 3.8) is 0 Å². The summed E-state index contributed by atoms with van der Waals surface area (Å²) in [5.41, 5.74) is 4.24. The Labute approximate surface area is 208 Å². The smallest absolute Gasteiger partial charge is 0.279 e. The third kappa shape index (κ3) is 6.17. The Morgan fingerprint density at radius 3 is 2.50 bits per heavy atom. The van der Waals surface area contributed by atoms with Crippen molar-refractivity contribution < 1.29 is 19.5 Å². The Morgan fingerprint density at radius 2 is 1.94 bits per heavy atom. The summed E-state index contributed by atoms with van der Waals surface area (Å²) in [6.07, 6.45) is 1.01. The number of aromatic nitrogens is 1. The lowest BCUT2D eigenvalue weighted by molar-refractivity contribution is -0.141. The van der Waals surface area contributed by atoms with Gasteiger partial charge in [-0.1, -0.05) is 56.8 Å². The first-order chi connectivity index (χ1) is 16.0. The van der Waals surface area contributed by atoms with E-state index in [1.807, 2.05) is 57.5 Å². The lowest BCUT2D eigenvalue weighted by Crippen LogP contribution is -2.57. The number of carbonyl (C=O) groups excluding carboxylic acids is 3. The van der Waals surface area contributed by atoms with Crippen LogP contribution in [-0.4, -0.2) is 63.0 Å². The molecule has 3 N–H and O–H groups in total. The third-order valence-electron chi connectivity index (χ3n) is 5.85. The average Bonchev–Trinajstić information content (AvgIpc) is 3.40. The second kappa shape index (κ2) is 10.9. The summed E-state index contributed by atoms with van der Waals surface area (Å²) in [5.74, 6) is -0.688. The maximum Gasteiger partial charge on any atom is 0.279 e. The van der Waals surface area contributed by atoms with Gasteiger partial charge >= 0.3 is 0 Å². The van der Waals surface area contributed by atoms with Crippen molar-refractivity contribution in [1.29, 1.82) is 0 Å². The van der Waals surface area contributed by atoms with Gasteiger partial charge in [0.25, 0.3) is 5.24 Å². The molecule has 2 heterocycles. The first kappa shape index (κ1) is 26.2. The minimum atomic E-state index is -0.809. The van der Waals surface area contributed by atoms with Crippen molar-refractivity contribution in [1.82, 2.24) is 20.5 Å². The molecule has 3 amide bonds. The fourth-order valence-corrected chi connectivity index (χ4v) is 5.00. The summed E-state index contributed by atoms with van der Waals surface area (Å²) >= 11 is 2.58. The Bertz CT molecular complexity index is 1030. The first-order valence-electron chi connectivity index (χ1n) is 11.1. The quantitative estimate of drug-likeness (QED) is 0.557. The van der Waals surface area contributed by atoms with Crippen molar-refractivity contribution in [2.24, 2.45) is 5.41 Å². The number of aryl methyl sites for hydroxylation is 1. The van der Waals surface area contributed by atoms with Crippen molar-refractivity contribution in [2.75, 3.05) is 12.8 Å². The standard InChI is InChI=1S/C24H32N4O4S2/c1-14-19(34-13-26-14)16-8-6-15(7-9-16)11-25-21(30)18-10-17(29)12-28(18)22(31)20(24(2,3)4)27-23(32)33-5/h6-9,13,17-18,20,29H,10-12H2,1-5H3,(H,25,30)(H,27,32)/t17-,18+,20-/m1/s1. The summed E-state index contributed by atoms with van der Waals surface area (Å²) in [4.78, 5) is 45.2. The molecule has 3 rings (SSSR count). The zero-order valence-corrected chi connectivity index (χ0v) is 21.8. The molecule has 0 bridgehead atoms. The number of thioether (sulfide) groups is 1. The molecule has 0 radical (unpaired) electrons. The molecule has 1 aromatic heterocycles. The van der Waals surface area contributed by atoms with E-state index in [1.54, 1.807) is 17.6 Å². The highest BCUT2D eigenvalue weighted by atomic mass is 32.2. The monoisotopic (exact) mass is 504 g/mol. The Kier molecular flexibility index (Phi) is 8.38. The maximum absolute atomic E-state index is 13.4. The Hall–Kier alpha value is -2.43. The van der Waals surface area contributed by atoms with Gasteiger partial charge in [-0.2, -0.15) is 0 Å². The number of amides is 3. The van der Waals surface area contributed by atoms with Gasteiger partial charge in [0.05, 0.1) is 22.2 Å². The summed E-state index contributed by atoms with van der Waals surface area (Å²) in [6, 6.07) is 6.30. The molecule has 1 fully saturated rings. The SMILES string of the molecule is CSC(=O)N[C@H](C(=O)N1C[C@H](O)C[C@H]1C(=O)NCc1ccc(-c2scnc2C)cc1)C(C)(C)C. The van der Waals surface area contributed by atoms with Crippen LogP contribution in [0.1, 0.15) is 38.4 Å². The first-order valence-corrected chi connectivity index (χ1v) is 13.2. The average molecular weight is 505 g/mol. The van der Waals surface area contributed by atoms with Crippen molar-refractivity contribution in [3.05, 3.63) is 41.0 Å². The summed E-state index contributed by atoms with van der Waals surface area (Å²) in [6.45, 7) is 7.90. The number of hydrogen-bond acceptors (Lipinski definition) is 7. The molecule has 3 atom stereocenters. The lowest BCUT2D eigenvalue weighted by Gasteiger charge is -2.35. The van der Waals surface area contributed by atoms with Crippen LogP contribution in [0.5, 0.6) is 0 Å². The molecule has 1 saturated heterocycles. The molecule has 0 unspecified atom stereocenters. The van der Waals surface area contributed by atoms with Crippen LogP contribution in [0.2, 0.25) is 0 Å². The minimum absolute atomic E-state index is 0.0571. The molecule has 8 nitrogen and oxygen atoms in total. The van der Waals surface area contributed by atoms with E-state index >= 15 is 0 Å². The van der Waals surface area contributed by atoms with Crippen molar-refractivity contribution >= 4 is 40.2 Å². The van der Waals surface area contributed by atoms with E-state index in [0.29, 0.717) is 6.54 Å². The van der Waals surface area contributed by atoms with Gasteiger partial charge in [-0.25, -0.2) is 4.98 Å². The summed E-state index contributed by atoms with van der Waals surface area (Å²) in [7, 11) is 0. The van der Waals surface area contributed by atoms with Crippen molar-refractivity contribution in [2.45, 2.75) is 58.8 Å². The number of likely N-dealkylation sites (tertiary alicyclic amines) is 1. The molecule has 184 valence electrons. The second-order valence-corrected chi connectivity index (χ2v) is 11.1. The van der Waals surface area contributed by atoms with Crippen LogP contribution in [0.15, 0.2) is 29.8 Å². The molecule has 1 aromatic carbocycles. The zero-order valence-electron chi connectivity index (χ0n) is 20.1. The predicted molar refractivity (Wildman–Crippen MR) is 136 cm³/mol. The third-order valence-corrected chi connectivity index (χ3v) is 7.32. The van der Waals surface area contributed by atoms with Gasteiger partial charge in [-0.05, 0) is 29.7 Å². The van der Waals surface area contributed by atoms with E-state index in [9.17, 15) is 19.5 Å². The molecule has 0 aliphatic carbocycles. The number of nitrogens with zero attached hydrogens (tertiary/aromatic N) is 2. The number of aliphatic hydroxyl groups is 1. The Morgan fingerprint density at radius 1 is 1.26 bits per heavy atom. The van der Waals surface area contributed by atoms with Crippen LogP contribution in [0, 0.1) is 12.3 Å². The number of β-amino-alcohol motifs (C(OH)–C–C–N with tert-alkyl or cyclic N) is 1. The molecule has 0 saturated carbocycles. The topological polar surface area (TPSA) is 112 Å². The van der Waals surface area contributed by atoms with E-state index in [4.69, 9.17) is 0 Å². The van der Waals surface area contributed by atoms with E-state index in [1.165, 1.54) is 4.90 Å². The molecule has 10 heteroatoms. The van der Waals surface area contributed by atoms with Gasteiger partial charge in [0.1, 0.15) is 12.1 Å². The molecular formula is C24H32N4O4S2. The maximum atomic E-state index is 13.4. The van der Waals surface area contributed by atoms with Crippen LogP contribution in [-0.2, 0) is 16.1 Å². The molecule has 2 aromatic rings. The molecule has 1 aliphatic rings. The van der Waals surface area contributed by atoms with E-state index in [0.717, 1.165) is 33.5 Å². The number of nitrogens with one attached hydrogen (secondary N) is 2. The summed E-state index contributed by atoms with van der Waals surface area (Å²) in [5, 5.41) is 15.6. The highest BCUT2D eigenvalue weighted by Crippen LogP contribution is 2.28. The van der Waals surface area contributed by atoms with Crippen LogP contribution in [0.3, 0.4) is 0 Å².